The van der Waals surface area contributed by atoms with Crippen LogP contribution in [-0.2, 0) is 12.8 Å². The van der Waals surface area contributed by atoms with Crippen LogP contribution < -0.4 is 0 Å². The number of aromatic carboxylic acids is 1. The van der Waals surface area contributed by atoms with Crippen molar-refractivity contribution in [3.63, 3.8) is 0 Å². The predicted octanol–water partition coefficient (Wildman–Crippen LogP) is 3.63. The Kier molecular flexibility index (Phi) is 2.24. The molecule has 1 aliphatic carbocycles. The molecule has 0 radical (unpaired) electrons. The standard InChI is InChI=1S/C17H13NO2/c19-17(20)13-7-3-6-12-15-11-5-2-1-4-10(11)8-9-14(15)18-16(12)13/h1-7,18H,8-9H2,(H,19,20). The lowest BCUT2D eigenvalue weighted by Gasteiger charge is -2.16. The average molecular weight is 263 g/mol. The number of aromatic nitrogens is 1. The monoisotopic (exact) mass is 263 g/mol. The van der Waals surface area contributed by atoms with Crippen LogP contribution in [0.2, 0.25) is 0 Å². The molecule has 3 aromatic rings. The maximum absolute atomic E-state index is 11.4. The molecule has 0 amide bonds. The molecule has 3 heteroatoms. The number of nitrogens with one attached hydrogen (secondary N) is 1. The highest BCUT2D eigenvalue weighted by Gasteiger charge is 2.22. The molecular weight excluding hydrogens is 250 g/mol. The van der Waals surface area contributed by atoms with Crippen LogP contribution in [-0.4, -0.2) is 16.1 Å². The summed E-state index contributed by atoms with van der Waals surface area (Å²) in [4.78, 5) is 14.7. The topological polar surface area (TPSA) is 53.1 Å². The molecule has 2 aromatic carbocycles. The Morgan fingerprint density at radius 1 is 1.05 bits per heavy atom. The summed E-state index contributed by atoms with van der Waals surface area (Å²) < 4.78 is 0. The second-order valence-electron chi connectivity index (χ2n) is 5.17. The van der Waals surface area contributed by atoms with Crippen LogP contribution in [0.5, 0.6) is 0 Å². The van der Waals surface area contributed by atoms with Gasteiger partial charge in [0, 0.05) is 16.6 Å². The highest BCUT2D eigenvalue weighted by Crippen LogP contribution is 2.39. The summed E-state index contributed by atoms with van der Waals surface area (Å²) in [6.07, 6.45) is 1.93. The van der Waals surface area contributed by atoms with Crippen LogP contribution in [0.3, 0.4) is 0 Å². The van der Waals surface area contributed by atoms with E-state index in [1.165, 1.54) is 16.7 Å². The predicted molar refractivity (Wildman–Crippen MR) is 78.1 cm³/mol. The molecule has 0 spiro atoms. The molecule has 3 nitrogen and oxygen atoms in total. The van der Waals surface area contributed by atoms with Crippen molar-refractivity contribution < 1.29 is 9.90 Å². The molecule has 98 valence electrons. The highest BCUT2D eigenvalue weighted by molar-refractivity contribution is 6.08. The van der Waals surface area contributed by atoms with E-state index in [1.54, 1.807) is 6.07 Å². The Bertz CT molecular complexity index is 845. The third kappa shape index (κ3) is 1.43. The summed E-state index contributed by atoms with van der Waals surface area (Å²) in [6, 6.07) is 13.8. The van der Waals surface area contributed by atoms with E-state index in [4.69, 9.17) is 0 Å². The fraction of sp³-hybridized carbons (Fsp3) is 0.118. The summed E-state index contributed by atoms with van der Waals surface area (Å²) in [7, 11) is 0. The third-order valence-electron chi connectivity index (χ3n) is 4.07. The SMILES string of the molecule is O=C(O)c1cccc2c3c([nH]c12)CCc1ccccc1-3. The van der Waals surface area contributed by atoms with Gasteiger partial charge < -0.3 is 10.1 Å². The minimum absolute atomic E-state index is 0.342. The number of para-hydroxylation sites is 1. The first-order valence-corrected chi connectivity index (χ1v) is 6.71. The second-order valence-corrected chi connectivity index (χ2v) is 5.17. The van der Waals surface area contributed by atoms with Gasteiger partial charge in [0.15, 0.2) is 0 Å². The van der Waals surface area contributed by atoms with Gasteiger partial charge in [-0.15, -0.1) is 0 Å². The molecule has 2 N–H and O–H groups in total. The fourth-order valence-electron chi connectivity index (χ4n) is 3.19. The number of aromatic amines is 1. The molecule has 0 saturated heterocycles. The molecule has 0 bridgehead atoms. The molecule has 1 aliphatic rings. The fourth-order valence-corrected chi connectivity index (χ4v) is 3.19. The zero-order valence-corrected chi connectivity index (χ0v) is 10.8. The molecule has 20 heavy (non-hydrogen) atoms. The zero-order valence-electron chi connectivity index (χ0n) is 10.8. The van der Waals surface area contributed by atoms with Crippen molar-refractivity contribution in [3.8, 4) is 11.1 Å². The van der Waals surface area contributed by atoms with Crippen LogP contribution in [0, 0.1) is 0 Å². The smallest absolute Gasteiger partial charge is 0.337 e. The van der Waals surface area contributed by atoms with Crippen molar-refractivity contribution in [1.29, 1.82) is 0 Å². The van der Waals surface area contributed by atoms with Gasteiger partial charge in [0.2, 0.25) is 0 Å². The van der Waals surface area contributed by atoms with Gasteiger partial charge in [0.05, 0.1) is 11.1 Å². The van der Waals surface area contributed by atoms with E-state index < -0.39 is 5.97 Å². The molecule has 1 heterocycles. The molecule has 0 aliphatic heterocycles. The van der Waals surface area contributed by atoms with Gasteiger partial charge in [-0.25, -0.2) is 4.79 Å². The maximum Gasteiger partial charge on any atom is 0.337 e. The summed E-state index contributed by atoms with van der Waals surface area (Å²) in [5, 5.41) is 10.3. The van der Waals surface area contributed by atoms with Gasteiger partial charge in [-0.3, -0.25) is 0 Å². The number of hydrogen-bond donors (Lipinski definition) is 2. The largest absolute Gasteiger partial charge is 0.478 e. The van der Waals surface area contributed by atoms with Crippen molar-refractivity contribution in [1.82, 2.24) is 4.98 Å². The number of carboxylic acid groups (broad SMARTS) is 1. The Balaban J connectivity index is 2.11. The third-order valence-corrected chi connectivity index (χ3v) is 4.07. The molecule has 0 fully saturated rings. The minimum Gasteiger partial charge on any atom is -0.478 e. The molecular formula is C17H13NO2. The first kappa shape index (κ1) is 11.3. The maximum atomic E-state index is 11.4. The summed E-state index contributed by atoms with van der Waals surface area (Å²) in [6.45, 7) is 0. The van der Waals surface area contributed by atoms with Gasteiger partial charge >= 0.3 is 5.97 Å². The first-order valence-electron chi connectivity index (χ1n) is 6.71. The molecule has 0 atom stereocenters. The highest BCUT2D eigenvalue weighted by atomic mass is 16.4. The number of H-pyrrole nitrogens is 1. The lowest BCUT2D eigenvalue weighted by Crippen LogP contribution is -2.02. The second kappa shape index (κ2) is 3.97. The minimum atomic E-state index is -0.887. The zero-order chi connectivity index (χ0) is 13.7. The molecule has 4 rings (SSSR count). The van der Waals surface area contributed by atoms with E-state index in [0.717, 1.165) is 29.4 Å². The van der Waals surface area contributed by atoms with Gasteiger partial charge in [0.1, 0.15) is 0 Å². The van der Waals surface area contributed by atoms with Crippen LogP contribution in [0.25, 0.3) is 22.0 Å². The number of carboxylic acids is 1. The van der Waals surface area contributed by atoms with Gasteiger partial charge in [-0.2, -0.15) is 0 Å². The van der Waals surface area contributed by atoms with Crippen LogP contribution in [0.4, 0.5) is 0 Å². The van der Waals surface area contributed by atoms with E-state index in [1.807, 2.05) is 18.2 Å². The van der Waals surface area contributed by atoms with Crippen molar-refractivity contribution in [2.45, 2.75) is 12.8 Å². The number of aryl methyl sites for hydroxylation is 2. The number of benzene rings is 2. The Labute approximate surface area is 115 Å². The average Bonchev–Trinajstić information content (AvgIpc) is 2.85. The van der Waals surface area contributed by atoms with Gasteiger partial charge in [0.25, 0.3) is 0 Å². The Hall–Kier alpha value is -2.55. The van der Waals surface area contributed by atoms with E-state index in [0.29, 0.717) is 5.56 Å². The lowest BCUT2D eigenvalue weighted by molar-refractivity contribution is 0.0699. The number of fused-ring (bicyclic) bond motifs is 5. The lowest BCUT2D eigenvalue weighted by atomic mass is 9.88. The molecule has 0 saturated carbocycles. The summed E-state index contributed by atoms with van der Waals surface area (Å²) in [5.41, 5.74) is 5.96. The van der Waals surface area contributed by atoms with Gasteiger partial charge in [-0.1, -0.05) is 36.4 Å². The van der Waals surface area contributed by atoms with Crippen molar-refractivity contribution in [2.24, 2.45) is 0 Å². The number of hydrogen-bond acceptors (Lipinski definition) is 1. The van der Waals surface area contributed by atoms with Crippen LogP contribution in [0.1, 0.15) is 21.6 Å². The van der Waals surface area contributed by atoms with E-state index in [-0.39, 0.29) is 0 Å². The Morgan fingerprint density at radius 2 is 1.90 bits per heavy atom. The van der Waals surface area contributed by atoms with Crippen LogP contribution in [0.15, 0.2) is 42.5 Å². The van der Waals surface area contributed by atoms with Crippen LogP contribution >= 0.6 is 0 Å². The first-order chi connectivity index (χ1) is 9.75. The molecule has 0 unspecified atom stereocenters. The summed E-state index contributed by atoms with van der Waals surface area (Å²) in [5.74, 6) is -0.887. The van der Waals surface area contributed by atoms with Crippen molar-refractivity contribution >= 4 is 16.9 Å². The quantitative estimate of drug-likeness (QED) is 0.704. The van der Waals surface area contributed by atoms with E-state index in [2.05, 4.69) is 23.2 Å². The number of carbonyl (C=O) groups is 1. The summed E-state index contributed by atoms with van der Waals surface area (Å²) >= 11 is 0. The van der Waals surface area contributed by atoms with Crippen molar-refractivity contribution in [3.05, 3.63) is 59.3 Å². The van der Waals surface area contributed by atoms with E-state index in [9.17, 15) is 9.90 Å². The molecule has 1 aromatic heterocycles. The van der Waals surface area contributed by atoms with E-state index >= 15 is 0 Å². The number of rotatable bonds is 1. The Morgan fingerprint density at radius 3 is 2.75 bits per heavy atom. The van der Waals surface area contributed by atoms with Gasteiger partial charge in [-0.05, 0) is 30.0 Å². The van der Waals surface area contributed by atoms with Crippen molar-refractivity contribution in [2.75, 3.05) is 0 Å². The normalized spacial score (nSPS) is 13.0.